The fourth-order valence-electron chi connectivity index (χ4n) is 3.10. The van der Waals surface area contributed by atoms with E-state index in [0.29, 0.717) is 35.7 Å². The van der Waals surface area contributed by atoms with Crippen molar-refractivity contribution in [3.05, 3.63) is 70.5 Å². The molecule has 0 bridgehead atoms. The number of rotatable bonds is 9. The predicted molar refractivity (Wildman–Crippen MR) is 122 cm³/mol. The van der Waals surface area contributed by atoms with Gasteiger partial charge in [0.15, 0.2) is 0 Å². The SMILES string of the molecule is COc1ccc(OC)c(-c2ccc(=O)n(CC(=O)NCCc3ccc(S(N)(=O)=O)cc3)n2)c1. The monoisotopic (exact) mass is 472 g/mol. The van der Waals surface area contributed by atoms with Gasteiger partial charge in [-0.15, -0.1) is 0 Å². The zero-order valence-corrected chi connectivity index (χ0v) is 19.0. The quantitative estimate of drug-likeness (QED) is 0.472. The van der Waals surface area contributed by atoms with Crippen molar-refractivity contribution in [1.29, 1.82) is 0 Å². The van der Waals surface area contributed by atoms with Crippen LogP contribution in [0, 0.1) is 0 Å². The summed E-state index contributed by atoms with van der Waals surface area (Å²) < 4.78 is 34.3. The summed E-state index contributed by atoms with van der Waals surface area (Å²) in [5, 5.41) is 12.1. The molecule has 3 aromatic rings. The van der Waals surface area contributed by atoms with E-state index in [2.05, 4.69) is 10.4 Å². The highest BCUT2D eigenvalue weighted by atomic mass is 32.2. The van der Waals surface area contributed by atoms with Crippen molar-refractivity contribution in [2.24, 2.45) is 5.14 Å². The molecule has 0 aliphatic carbocycles. The number of methoxy groups -OCH3 is 2. The zero-order chi connectivity index (χ0) is 24.0. The number of aromatic nitrogens is 2. The predicted octanol–water partition coefficient (Wildman–Crippen LogP) is 0.934. The van der Waals surface area contributed by atoms with Crippen LogP contribution in [0.3, 0.4) is 0 Å². The third kappa shape index (κ3) is 6.18. The van der Waals surface area contributed by atoms with Crippen LogP contribution in [0.15, 0.2) is 64.3 Å². The van der Waals surface area contributed by atoms with Crippen LogP contribution in [0.2, 0.25) is 0 Å². The van der Waals surface area contributed by atoms with Gasteiger partial charge in [0, 0.05) is 18.2 Å². The van der Waals surface area contributed by atoms with Gasteiger partial charge in [0.2, 0.25) is 15.9 Å². The second-order valence-corrected chi connectivity index (χ2v) is 8.63. The van der Waals surface area contributed by atoms with E-state index < -0.39 is 15.6 Å². The summed E-state index contributed by atoms with van der Waals surface area (Å²) in [5.74, 6) is 0.757. The Bertz CT molecular complexity index is 1300. The van der Waals surface area contributed by atoms with Crippen LogP contribution >= 0.6 is 0 Å². The van der Waals surface area contributed by atoms with Gasteiger partial charge < -0.3 is 14.8 Å². The van der Waals surface area contributed by atoms with Crippen molar-refractivity contribution in [3.63, 3.8) is 0 Å². The number of carbonyl (C=O) groups excluding carboxylic acids is 1. The summed E-state index contributed by atoms with van der Waals surface area (Å²) in [5.41, 5.74) is 1.47. The first-order valence-electron chi connectivity index (χ1n) is 9.90. The Hall–Kier alpha value is -3.70. The number of benzene rings is 2. The van der Waals surface area contributed by atoms with Gasteiger partial charge in [-0.25, -0.2) is 18.2 Å². The van der Waals surface area contributed by atoms with Crippen molar-refractivity contribution in [3.8, 4) is 22.8 Å². The highest BCUT2D eigenvalue weighted by molar-refractivity contribution is 7.89. The first-order valence-corrected chi connectivity index (χ1v) is 11.4. The molecule has 0 saturated heterocycles. The van der Waals surface area contributed by atoms with E-state index in [4.69, 9.17) is 14.6 Å². The van der Waals surface area contributed by atoms with Crippen LogP contribution in [-0.2, 0) is 27.8 Å². The minimum absolute atomic E-state index is 0.0216. The largest absolute Gasteiger partial charge is 0.497 e. The van der Waals surface area contributed by atoms with Crippen LogP contribution in [0.4, 0.5) is 0 Å². The Kier molecular flexibility index (Phi) is 7.46. The molecule has 0 fully saturated rings. The van der Waals surface area contributed by atoms with Gasteiger partial charge in [-0.3, -0.25) is 9.59 Å². The second kappa shape index (κ2) is 10.3. The molecule has 0 saturated carbocycles. The maximum Gasteiger partial charge on any atom is 0.267 e. The summed E-state index contributed by atoms with van der Waals surface area (Å²) in [6.45, 7) is 0.0367. The lowest BCUT2D eigenvalue weighted by Gasteiger charge is -2.12. The first-order chi connectivity index (χ1) is 15.7. The standard InChI is InChI=1S/C22H24N4O6S/c1-31-16-5-9-20(32-2)18(13-16)19-8-10-22(28)26(25-19)14-21(27)24-12-11-15-3-6-17(7-4-15)33(23,29)30/h3-10,13H,11-12,14H2,1-2H3,(H,24,27)(H2,23,29,30). The van der Waals surface area contributed by atoms with Gasteiger partial charge >= 0.3 is 0 Å². The minimum Gasteiger partial charge on any atom is -0.497 e. The molecule has 1 amide bonds. The first kappa shape index (κ1) is 24.0. The normalized spacial score (nSPS) is 11.1. The fraction of sp³-hybridized carbons (Fsp3) is 0.227. The number of hydrogen-bond donors (Lipinski definition) is 2. The number of carbonyl (C=O) groups is 1. The molecule has 0 aliphatic rings. The lowest BCUT2D eigenvalue weighted by Crippen LogP contribution is -2.34. The summed E-state index contributed by atoms with van der Waals surface area (Å²) in [6, 6.07) is 14.2. The average molecular weight is 473 g/mol. The van der Waals surface area contributed by atoms with E-state index in [1.54, 1.807) is 43.5 Å². The van der Waals surface area contributed by atoms with E-state index >= 15 is 0 Å². The average Bonchev–Trinajstić information content (AvgIpc) is 2.80. The third-order valence-electron chi connectivity index (χ3n) is 4.83. The molecular weight excluding hydrogens is 448 g/mol. The molecule has 10 nitrogen and oxygen atoms in total. The molecule has 0 aliphatic heterocycles. The summed E-state index contributed by atoms with van der Waals surface area (Å²) in [4.78, 5) is 24.6. The highest BCUT2D eigenvalue weighted by Crippen LogP contribution is 2.31. The van der Waals surface area contributed by atoms with Gasteiger partial charge in [-0.2, -0.15) is 5.10 Å². The molecule has 0 radical (unpaired) electrons. The molecule has 1 aromatic heterocycles. The van der Waals surface area contributed by atoms with Crippen molar-refractivity contribution in [1.82, 2.24) is 15.1 Å². The maximum atomic E-state index is 12.4. The van der Waals surface area contributed by atoms with Gasteiger partial charge in [0.25, 0.3) is 5.56 Å². The number of ether oxygens (including phenoxy) is 2. The lowest BCUT2D eigenvalue weighted by atomic mass is 10.1. The molecule has 2 aromatic carbocycles. The number of nitrogens with one attached hydrogen (secondary N) is 1. The molecule has 11 heteroatoms. The van der Waals surface area contributed by atoms with Crippen LogP contribution in [0.5, 0.6) is 11.5 Å². The summed E-state index contributed by atoms with van der Waals surface area (Å²) in [6.07, 6.45) is 0.472. The van der Waals surface area contributed by atoms with E-state index in [0.717, 1.165) is 10.2 Å². The van der Waals surface area contributed by atoms with Gasteiger partial charge in [0.1, 0.15) is 18.0 Å². The number of amides is 1. The highest BCUT2D eigenvalue weighted by Gasteiger charge is 2.13. The van der Waals surface area contributed by atoms with Crippen molar-refractivity contribution in [2.45, 2.75) is 17.9 Å². The van der Waals surface area contributed by atoms with Gasteiger partial charge in [-0.05, 0) is 48.4 Å². The van der Waals surface area contributed by atoms with Gasteiger partial charge in [0.05, 0.1) is 24.8 Å². The number of hydrogen-bond acceptors (Lipinski definition) is 7. The Balaban J connectivity index is 1.66. The topological polar surface area (TPSA) is 143 Å². The smallest absolute Gasteiger partial charge is 0.267 e. The number of nitrogens with zero attached hydrogens (tertiary/aromatic N) is 2. The van der Waals surface area contributed by atoms with Crippen molar-refractivity contribution >= 4 is 15.9 Å². The van der Waals surface area contributed by atoms with Crippen LogP contribution in [0.1, 0.15) is 5.56 Å². The van der Waals surface area contributed by atoms with Crippen LogP contribution in [0.25, 0.3) is 11.3 Å². The number of sulfonamides is 1. The molecule has 3 rings (SSSR count). The molecule has 174 valence electrons. The molecule has 1 heterocycles. The van der Waals surface area contributed by atoms with Crippen LogP contribution in [-0.4, -0.2) is 44.9 Å². The van der Waals surface area contributed by atoms with Crippen molar-refractivity contribution in [2.75, 3.05) is 20.8 Å². The Morgan fingerprint density at radius 1 is 1.06 bits per heavy atom. The summed E-state index contributed by atoms with van der Waals surface area (Å²) >= 11 is 0. The molecule has 33 heavy (non-hydrogen) atoms. The lowest BCUT2D eigenvalue weighted by molar-refractivity contribution is -0.121. The number of primary sulfonamides is 1. The summed E-state index contributed by atoms with van der Waals surface area (Å²) in [7, 11) is -0.683. The Morgan fingerprint density at radius 3 is 2.42 bits per heavy atom. The second-order valence-electron chi connectivity index (χ2n) is 7.07. The molecule has 0 atom stereocenters. The number of nitrogens with two attached hydrogens (primary N) is 1. The van der Waals surface area contributed by atoms with E-state index in [1.165, 1.54) is 25.3 Å². The van der Waals surface area contributed by atoms with E-state index in [-0.39, 0.29) is 17.3 Å². The van der Waals surface area contributed by atoms with Crippen LogP contribution < -0.4 is 25.5 Å². The molecular formula is C22H24N4O6S. The Labute approximate surface area is 191 Å². The molecule has 3 N–H and O–H groups in total. The minimum atomic E-state index is -3.75. The third-order valence-corrected chi connectivity index (χ3v) is 5.76. The molecule has 0 unspecified atom stereocenters. The Morgan fingerprint density at radius 2 is 1.79 bits per heavy atom. The van der Waals surface area contributed by atoms with E-state index in [1.807, 2.05) is 0 Å². The maximum absolute atomic E-state index is 12.4. The zero-order valence-electron chi connectivity index (χ0n) is 18.1. The molecule has 0 spiro atoms. The van der Waals surface area contributed by atoms with E-state index in [9.17, 15) is 18.0 Å². The van der Waals surface area contributed by atoms with Gasteiger partial charge in [-0.1, -0.05) is 12.1 Å². The van der Waals surface area contributed by atoms with Crippen molar-refractivity contribution < 1.29 is 22.7 Å². The fourth-order valence-corrected chi connectivity index (χ4v) is 3.62.